The quantitative estimate of drug-likeness (QED) is 0.577. The molecule has 27 heavy (non-hydrogen) atoms. The fraction of sp³-hybridized carbons (Fsp3) is 0.200. The first-order valence-corrected chi connectivity index (χ1v) is 8.21. The van der Waals surface area contributed by atoms with E-state index in [-0.39, 0.29) is 6.61 Å². The van der Waals surface area contributed by atoms with Crippen LogP contribution in [0.15, 0.2) is 48.5 Å². The van der Waals surface area contributed by atoms with Gasteiger partial charge in [-0.25, -0.2) is 0 Å². The molecular formula is C20H22N2O5. The van der Waals surface area contributed by atoms with Gasteiger partial charge in [-0.1, -0.05) is 24.3 Å². The van der Waals surface area contributed by atoms with Crippen molar-refractivity contribution in [1.29, 1.82) is 0 Å². The SMILES string of the molecule is COc1ccc(C=CC(=O)NNC(=O)COc2ccccc2C)cc1OC. The van der Waals surface area contributed by atoms with Gasteiger partial charge in [0, 0.05) is 6.08 Å². The molecular weight excluding hydrogens is 348 g/mol. The van der Waals surface area contributed by atoms with Crippen LogP contribution >= 0.6 is 0 Å². The number of hydrogen-bond acceptors (Lipinski definition) is 5. The molecule has 0 radical (unpaired) electrons. The van der Waals surface area contributed by atoms with Crippen LogP contribution in [0.4, 0.5) is 0 Å². The van der Waals surface area contributed by atoms with Crippen LogP contribution in [0.2, 0.25) is 0 Å². The molecule has 7 heteroatoms. The smallest absolute Gasteiger partial charge is 0.276 e. The molecule has 0 heterocycles. The van der Waals surface area contributed by atoms with E-state index in [0.717, 1.165) is 11.1 Å². The molecule has 0 aliphatic carbocycles. The number of carbonyl (C=O) groups excluding carboxylic acids is 2. The largest absolute Gasteiger partial charge is 0.493 e. The van der Waals surface area contributed by atoms with Crippen LogP contribution in [-0.2, 0) is 9.59 Å². The van der Waals surface area contributed by atoms with Crippen LogP contribution in [0, 0.1) is 6.92 Å². The van der Waals surface area contributed by atoms with E-state index in [1.807, 2.05) is 25.1 Å². The van der Waals surface area contributed by atoms with Crippen LogP contribution in [0.25, 0.3) is 6.08 Å². The van der Waals surface area contributed by atoms with Crippen molar-refractivity contribution in [2.24, 2.45) is 0 Å². The summed E-state index contributed by atoms with van der Waals surface area (Å²) in [5, 5.41) is 0. The normalized spacial score (nSPS) is 10.3. The Bertz CT molecular complexity index is 833. The summed E-state index contributed by atoms with van der Waals surface area (Å²) < 4.78 is 15.8. The second-order valence-electron chi connectivity index (χ2n) is 5.54. The number of amides is 2. The number of para-hydroxylation sites is 1. The summed E-state index contributed by atoms with van der Waals surface area (Å²) in [6, 6.07) is 12.6. The third kappa shape index (κ3) is 6.07. The number of rotatable bonds is 7. The lowest BCUT2D eigenvalue weighted by Crippen LogP contribution is -2.43. The van der Waals surface area contributed by atoms with Crippen molar-refractivity contribution in [1.82, 2.24) is 10.9 Å². The number of hydrogen-bond donors (Lipinski definition) is 2. The van der Waals surface area contributed by atoms with Crippen molar-refractivity contribution in [3.8, 4) is 17.2 Å². The van der Waals surface area contributed by atoms with Gasteiger partial charge < -0.3 is 14.2 Å². The average molecular weight is 370 g/mol. The molecule has 2 amide bonds. The highest BCUT2D eigenvalue weighted by molar-refractivity contribution is 5.93. The molecule has 0 fully saturated rings. The minimum absolute atomic E-state index is 0.204. The highest BCUT2D eigenvalue weighted by Gasteiger charge is 2.06. The Kier molecular flexibility index (Phi) is 7.25. The Morgan fingerprint density at radius 1 is 0.963 bits per heavy atom. The van der Waals surface area contributed by atoms with Gasteiger partial charge in [-0.15, -0.1) is 0 Å². The van der Waals surface area contributed by atoms with E-state index < -0.39 is 11.8 Å². The van der Waals surface area contributed by atoms with Gasteiger partial charge >= 0.3 is 0 Å². The Labute approximate surface area is 157 Å². The van der Waals surface area contributed by atoms with Crippen LogP contribution in [0.5, 0.6) is 17.2 Å². The lowest BCUT2D eigenvalue weighted by atomic mass is 10.2. The molecule has 7 nitrogen and oxygen atoms in total. The molecule has 2 rings (SSSR count). The summed E-state index contributed by atoms with van der Waals surface area (Å²) in [6.45, 7) is 1.68. The molecule has 0 atom stereocenters. The van der Waals surface area contributed by atoms with Crippen molar-refractivity contribution in [2.45, 2.75) is 6.92 Å². The highest BCUT2D eigenvalue weighted by Crippen LogP contribution is 2.27. The number of methoxy groups -OCH3 is 2. The summed E-state index contributed by atoms with van der Waals surface area (Å²) in [4.78, 5) is 23.6. The second kappa shape index (κ2) is 9.86. The van der Waals surface area contributed by atoms with E-state index in [1.165, 1.54) is 13.2 Å². The first-order chi connectivity index (χ1) is 13.0. The monoisotopic (exact) mass is 370 g/mol. The lowest BCUT2D eigenvalue weighted by Gasteiger charge is -2.09. The number of nitrogens with one attached hydrogen (secondary N) is 2. The Balaban J connectivity index is 1.81. The van der Waals surface area contributed by atoms with Crippen LogP contribution in [-0.4, -0.2) is 32.6 Å². The molecule has 0 saturated heterocycles. The molecule has 2 aromatic rings. The molecule has 0 spiro atoms. The van der Waals surface area contributed by atoms with Gasteiger partial charge in [0.05, 0.1) is 14.2 Å². The molecule has 2 N–H and O–H groups in total. The highest BCUT2D eigenvalue weighted by atomic mass is 16.5. The molecule has 0 unspecified atom stereocenters. The van der Waals surface area contributed by atoms with Crippen LogP contribution < -0.4 is 25.1 Å². The van der Waals surface area contributed by atoms with Crippen LogP contribution in [0.1, 0.15) is 11.1 Å². The second-order valence-corrected chi connectivity index (χ2v) is 5.54. The van der Waals surface area contributed by atoms with Crippen molar-refractivity contribution in [2.75, 3.05) is 20.8 Å². The Morgan fingerprint density at radius 3 is 2.41 bits per heavy atom. The van der Waals surface area contributed by atoms with Crippen molar-refractivity contribution in [3.05, 3.63) is 59.7 Å². The topological polar surface area (TPSA) is 85.9 Å². The number of ether oxygens (including phenoxy) is 3. The van der Waals surface area contributed by atoms with Gasteiger partial charge in [0.1, 0.15) is 5.75 Å². The first kappa shape index (κ1) is 19.8. The minimum Gasteiger partial charge on any atom is -0.493 e. The fourth-order valence-corrected chi connectivity index (χ4v) is 2.20. The van der Waals surface area contributed by atoms with E-state index in [2.05, 4.69) is 10.9 Å². The first-order valence-electron chi connectivity index (χ1n) is 8.21. The van der Waals surface area contributed by atoms with Gasteiger partial charge in [0.15, 0.2) is 18.1 Å². The lowest BCUT2D eigenvalue weighted by molar-refractivity contribution is -0.128. The zero-order valence-corrected chi connectivity index (χ0v) is 15.4. The number of hydrazine groups is 1. The summed E-state index contributed by atoms with van der Waals surface area (Å²) >= 11 is 0. The van der Waals surface area contributed by atoms with Crippen molar-refractivity contribution in [3.63, 3.8) is 0 Å². The minimum atomic E-state index is -0.478. The summed E-state index contributed by atoms with van der Waals surface area (Å²) in [7, 11) is 3.08. The number of aryl methyl sites for hydroxylation is 1. The standard InChI is InChI=1S/C20H22N2O5/c1-14-6-4-5-7-16(14)27-13-20(24)22-21-19(23)11-9-15-8-10-17(25-2)18(12-15)26-3/h4-12H,13H2,1-3H3,(H,21,23)(H,22,24). The van der Waals surface area contributed by atoms with Gasteiger partial charge in [-0.05, 0) is 42.3 Å². The molecule has 0 aliphatic heterocycles. The number of carbonyl (C=O) groups is 2. The van der Waals surface area contributed by atoms with E-state index in [1.54, 1.807) is 37.5 Å². The van der Waals surface area contributed by atoms with Crippen molar-refractivity contribution >= 4 is 17.9 Å². The average Bonchev–Trinajstić information content (AvgIpc) is 2.69. The maximum Gasteiger partial charge on any atom is 0.276 e. The zero-order chi connectivity index (χ0) is 19.6. The van der Waals surface area contributed by atoms with E-state index >= 15 is 0 Å². The molecule has 142 valence electrons. The zero-order valence-electron chi connectivity index (χ0n) is 15.4. The third-order valence-electron chi connectivity index (χ3n) is 3.61. The van der Waals surface area contributed by atoms with Gasteiger partial charge in [0.25, 0.3) is 11.8 Å². The summed E-state index contributed by atoms with van der Waals surface area (Å²) in [5.41, 5.74) is 6.25. The summed E-state index contributed by atoms with van der Waals surface area (Å²) in [5.74, 6) is 0.828. The molecule has 0 saturated carbocycles. The summed E-state index contributed by atoms with van der Waals surface area (Å²) in [6.07, 6.45) is 2.89. The van der Waals surface area contributed by atoms with Crippen LogP contribution in [0.3, 0.4) is 0 Å². The molecule has 0 aliphatic rings. The molecule has 0 bridgehead atoms. The van der Waals surface area contributed by atoms with Gasteiger partial charge in [0.2, 0.25) is 0 Å². The molecule has 2 aromatic carbocycles. The fourth-order valence-electron chi connectivity index (χ4n) is 2.20. The van der Waals surface area contributed by atoms with E-state index in [9.17, 15) is 9.59 Å². The molecule has 0 aromatic heterocycles. The maximum atomic E-state index is 11.8. The Hall–Kier alpha value is -3.48. The number of benzene rings is 2. The van der Waals surface area contributed by atoms with E-state index in [4.69, 9.17) is 14.2 Å². The van der Waals surface area contributed by atoms with Crippen molar-refractivity contribution < 1.29 is 23.8 Å². The van der Waals surface area contributed by atoms with E-state index in [0.29, 0.717) is 17.2 Å². The third-order valence-corrected chi connectivity index (χ3v) is 3.61. The van der Waals surface area contributed by atoms with Gasteiger partial charge in [-0.3, -0.25) is 20.4 Å². The Morgan fingerprint density at radius 2 is 1.70 bits per heavy atom. The maximum absolute atomic E-state index is 11.8. The van der Waals surface area contributed by atoms with Gasteiger partial charge in [-0.2, -0.15) is 0 Å². The predicted octanol–water partition coefficient (Wildman–Crippen LogP) is 2.25. The predicted molar refractivity (Wildman–Crippen MR) is 102 cm³/mol.